The lowest BCUT2D eigenvalue weighted by atomic mass is 10.4. The molecule has 0 bridgehead atoms. The SMILES string of the molecule is COCCNC(=O)C(C)Sc1sc(N)nc1C. The van der Waals surface area contributed by atoms with Crippen LogP contribution >= 0.6 is 23.1 Å². The predicted octanol–water partition coefficient (Wildman–Crippen LogP) is 1.28. The van der Waals surface area contributed by atoms with E-state index >= 15 is 0 Å². The number of carbonyl (C=O) groups is 1. The van der Waals surface area contributed by atoms with Crippen LogP contribution in [0.3, 0.4) is 0 Å². The van der Waals surface area contributed by atoms with E-state index in [2.05, 4.69) is 10.3 Å². The Balaban J connectivity index is 2.45. The van der Waals surface area contributed by atoms with Crippen LogP contribution < -0.4 is 11.1 Å². The zero-order valence-electron chi connectivity index (χ0n) is 10.1. The number of nitrogen functional groups attached to an aromatic ring is 1. The highest BCUT2D eigenvalue weighted by atomic mass is 32.2. The number of ether oxygens (including phenoxy) is 1. The quantitative estimate of drug-likeness (QED) is 0.604. The van der Waals surface area contributed by atoms with E-state index in [4.69, 9.17) is 10.5 Å². The van der Waals surface area contributed by atoms with Crippen molar-refractivity contribution in [1.29, 1.82) is 0 Å². The van der Waals surface area contributed by atoms with Crippen LogP contribution in [0.2, 0.25) is 0 Å². The lowest BCUT2D eigenvalue weighted by Gasteiger charge is -2.10. The van der Waals surface area contributed by atoms with E-state index in [0.29, 0.717) is 18.3 Å². The number of methoxy groups -OCH3 is 1. The van der Waals surface area contributed by atoms with Gasteiger partial charge in [-0.15, -0.1) is 11.8 Å². The van der Waals surface area contributed by atoms with Crippen molar-refractivity contribution in [3.05, 3.63) is 5.69 Å². The zero-order chi connectivity index (χ0) is 12.8. The molecule has 5 nitrogen and oxygen atoms in total. The fourth-order valence-corrected chi connectivity index (χ4v) is 3.32. The summed E-state index contributed by atoms with van der Waals surface area (Å²) in [5.74, 6) is -0.00146. The highest BCUT2D eigenvalue weighted by Gasteiger charge is 2.17. The molecule has 0 saturated carbocycles. The van der Waals surface area contributed by atoms with E-state index in [9.17, 15) is 4.79 Å². The van der Waals surface area contributed by atoms with Crippen molar-refractivity contribution >= 4 is 34.1 Å². The Bertz CT molecular complexity index is 382. The Morgan fingerprint density at radius 2 is 2.41 bits per heavy atom. The minimum Gasteiger partial charge on any atom is -0.383 e. The number of hydrogen-bond acceptors (Lipinski definition) is 6. The second kappa shape index (κ2) is 6.83. The van der Waals surface area contributed by atoms with Gasteiger partial charge in [-0.1, -0.05) is 11.3 Å². The number of amides is 1. The van der Waals surface area contributed by atoms with Crippen LogP contribution in [0.4, 0.5) is 5.13 Å². The summed E-state index contributed by atoms with van der Waals surface area (Å²) in [4.78, 5) is 15.8. The molecule has 0 aliphatic heterocycles. The van der Waals surface area contributed by atoms with Crippen LogP contribution in [0, 0.1) is 6.92 Å². The van der Waals surface area contributed by atoms with Gasteiger partial charge in [-0.2, -0.15) is 0 Å². The van der Waals surface area contributed by atoms with E-state index < -0.39 is 0 Å². The van der Waals surface area contributed by atoms with Gasteiger partial charge in [0, 0.05) is 13.7 Å². The third-order valence-electron chi connectivity index (χ3n) is 2.03. The van der Waals surface area contributed by atoms with Crippen LogP contribution in [0.25, 0.3) is 0 Å². The fraction of sp³-hybridized carbons (Fsp3) is 0.600. The van der Waals surface area contributed by atoms with Crippen molar-refractivity contribution in [2.75, 3.05) is 26.0 Å². The number of rotatable bonds is 6. The standard InChI is InChI=1S/C10H17N3O2S2/c1-6-9(17-10(11)13-6)16-7(2)8(14)12-4-5-15-3/h7H,4-5H2,1-3H3,(H2,11,13)(H,12,14). The molecule has 0 spiro atoms. The summed E-state index contributed by atoms with van der Waals surface area (Å²) in [5, 5.41) is 3.18. The number of thioether (sulfide) groups is 1. The summed E-state index contributed by atoms with van der Waals surface area (Å²) < 4.78 is 5.86. The van der Waals surface area contributed by atoms with Crippen LogP contribution in [-0.2, 0) is 9.53 Å². The molecule has 7 heteroatoms. The molecule has 1 amide bonds. The molecule has 1 heterocycles. The lowest BCUT2D eigenvalue weighted by Crippen LogP contribution is -2.33. The van der Waals surface area contributed by atoms with Gasteiger partial charge < -0.3 is 15.8 Å². The molecule has 1 unspecified atom stereocenters. The minimum atomic E-state index is -0.162. The Labute approximate surface area is 109 Å². The van der Waals surface area contributed by atoms with Crippen molar-refractivity contribution in [2.24, 2.45) is 0 Å². The molecule has 1 aromatic rings. The number of hydrogen-bond donors (Lipinski definition) is 2. The Morgan fingerprint density at radius 1 is 1.71 bits per heavy atom. The van der Waals surface area contributed by atoms with E-state index in [1.807, 2.05) is 13.8 Å². The monoisotopic (exact) mass is 275 g/mol. The molecule has 0 radical (unpaired) electrons. The van der Waals surface area contributed by atoms with Crippen molar-refractivity contribution < 1.29 is 9.53 Å². The fourth-order valence-electron chi connectivity index (χ4n) is 1.15. The number of aromatic nitrogens is 1. The van der Waals surface area contributed by atoms with Gasteiger partial charge in [-0.25, -0.2) is 4.98 Å². The molecular weight excluding hydrogens is 258 g/mol. The molecule has 1 aromatic heterocycles. The van der Waals surface area contributed by atoms with Crippen molar-refractivity contribution in [2.45, 2.75) is 23.3 Å². The number of nitrogens with one attached hydrogen (secondary N) is 1. The van der Waals surface area contributed by atoms with Crippen LogP contribution in [0.5, 0.6) is 0 Å². The number of thiazole rings is 1. The number of nitrogens with two attached hydrogens (primary N) is 1. The number of aryl methyl sites for hydroxylation is 1. The summed E-state index contributed by atoms with van der Waals surface area (Å²) in [6, 6.07) is 0. The van der Waals surface area contributed by atoms with Gasteiger partial charge in [0.25, 0.3) is 0 Å². The Hall–Kier alpha value is -0.790. The van der Waals surface area contributed by atoms with Gasteiger partial charge in [0.2, 0.25) is 5.91 Å². The summed E-state index contributed by atoms with van der Waals surface area (Å²) >= 11 is 2.89. The first-order valence-electron chi connectivity index (χ1n) is 5.20. The molecule has 0 aliphatic rings. The van der Waals surface area contributed by atoms with Crippen LogP contribution in [0.1, 0.15) is 12.6 Å². The molecular formula is C10H17N3O2S2. The summed E-state index contributed by atoms with van der Waals surface area (Å²) in [6.07, 6.45) is 0. The molecule has 0 saturated heterocycles. The molecule has 1 atom stereocenters. The molecule has 0 aliphatic carbocycles. The first-order chi connectivity index (χ1) is 8.04. The molecule has 3 N–H and O–H groups in total. The number of carbonyl (C=O) groups excluding carboxylic acids is 1. The predicted molar refractivity (Wildman–Crippen MR) is 71.5 cm³/mol. The van der Waals surface area contributed by atoms with Gasteiger partial charge in [0.15, 0.2) is 5.13 Å². The van der Waals surface area contributed by atoms with Gasteiger partial charge >= 0.3 is 0 Å². The van der Waals surface area contributed by atoms with E-state index in [-0.39, 0.29) is 11.2 Å². The average molecular weight is 275 g/mol. The molecule has 17 heavy (non-hydrogen) atoms. The smallest absolute Gasteiger partial charge is 0.233 e. The van der Waals surface area contributed by atoms with E-state index in [0.717, 1.165) is 9.90 Å². The summed E-state index contributed by atoms with van der Waals surface area (Å²) in [5.41, 5.74) is 6.49. The van der Waals surface area contributed by atoms with E-state index in [1.165, 1.54) is 23.1 Å². The van der Waals surface area contributed by atoms with E-state index in [1.54, 1.807) is 7.11 Å². The lowest BCUT2D eigenvalue weighted by molar-refractivity contribution is -0.120. The normalized spacial score (nSPS) is 12.4. The van der Waals surface area contributed by atoms with Crippen molar-refractivity contribution in [1.82, 2.24) is 10.3 Å². The molecule has 0 aromatic carbocycles. The minimum absolute atomic E-state index is 0.00146. The second-order valence-corrected chi connectivity index (χ2v) is 6.11. The zero-order valence-corrected chi connectivity index (χ0v) is 11.8. The highest BCUT2D eigenvalue weighted by molar-refractivity contribution is 8.02. The summed E-state index contributed by atoms with van der Waals surface area (Å²) in [6.45, 7) is 4.81. The topological polar surface area (TPSA) is 77.2 Å². The average Bonchev–Trinajstić information content (AvgIpc) is 2.57. The first kappa shape index (κ1) is 14.3. The Kier molecular flexibility index (Phi) is 5.73. The van der Waals surface area contributed by atoms with Gasteiger partial charge in [-0.3, -0.25) is 4.79 Å². The van der Waals surface area contributed by atoms with Crippen LogP contribution in [-0.4, -0.2) is 36.4 Å². The largest absolute Gasteiger partial charge is 0.383 e. The van der Waals surface area contributed by atoms with Gasteiger partial charge in [0.1, 0.15) is 0 Å². The Morgan fingerprint density at radius 3 is 2.94 bits per heavy atom. The van der Waals surface area contributed by atoms with Gasteiger partial charge in [-0.05, 0) is 13.8 Å². The second-order valence-electron chi connectivity index (χ2n) is 3.47. The van der Waals surface area contributed by atoms with Gasteiger partial charge in [0.05, 0.1) is 21.8 Å². The third-order valence-corrected chi connectivity index (χ3v) is 4.43. The summed E-state index contributed by atoms with van der Waals surface area (Å²) in [7, 11) is 1.60. The maximum absolute atomic E-state index is 11.7. The maximum atomic E-state index is 11.7. The molecule has 0 fully saturated rings. The van der Waals surface area contributed by atoms with Crippen molar-refractivity contribution in [3.63, 3.8) is 0 Å². The molecule has 1 rings (SSSR count). The third kappa shape index (κ3) is 4.53. The van der Waals surface area contributed by atoms with Crippen LogP contribution in [0.15, 0.2) is 4.21 Å². The number of anilines is 1. The van der Waals surface area contributed by atoms with Crippen molar-refractivity contribution in [3.8, 4) is 0 Å². The first-order valence-corrected chi connectivity index (χ1v) is 6.90. The molecule has 96 valence electrons. The maximum Gasteiger partial charge on any atom is 0.233 e. The number of nitrogens with zero attached hydrogens (tertiary/aromatic N) is 1. The highest BCUT2D eigenvalue weighted by Crippen LogP contribution is 2.33.